The number of hydrogen-bond donors (Lipinski definition) is 1. The van der Waals surface area contributed by atoms with Gasteiger partial charge in [-0.05, 0) is 37.7 Å². The summed E-state index contributed by atoms with van der Waals surface area (Å²) in [5.41, 5.74) is 5.86. The number of non-ortho nitro benzene ring substituents is 1. The first-order valence-electron chi connectivity index (χ1n) is 7.27. The van der Waals surface area contributed by atoms with Gasteiger partial charge >= 0.3 is 5.97 Å². The largest absolute Gasteiger partial charge is 0.458 e. The van der Waals surface area contributed by atoms with Crippen LogP contribution in [-0.4, -0.2) is 17.0 Å². The number of esters is 1. The van der Waals surface area contributed by atoms with Crippen LogP contribution in [0.3, 0.4) is 0 Å². The predicted octanol–water partition coefficient (Wildman–Crippen LogP) is 3.30. The maximum atomic E-state index is 12.2. The lowest BCUT2D eigenvalue weighted by atomic mass is 9.85. The van der Waals surface area contributed by atoms with Gasteiger partial charge in [0.05, 0.1) is 10.5 Å². The highest BCUT2D eigenvalue weighted by Gasteiger charge is 2.28. The summed E-state index contributed by atoms with van der Waals surface area (Å²) in [7, 11) is 0. The molecule has 21 heavy (non-hydrogen) atoms. The highest BCUT2D eigenvalue weighted by molar-refractivity contribution is 5.96. The molecule has 6 heteroatoms. The van der Waals surface area contributed by atoms with Crippen LogP contribution in [0.15, 0.2) is 18.2 Å². The number of benzene rings is 1. The summed E-state index contributed by atoms with van der Waals surface area (Å²) in [5, 5.41) is 10.8. The smallest absolute Gasteiger partial charge is 0.340 e. The Morgan fingerprint density at radius 3 is 2.81 bits per heavy atom. The third-order valence-corrected chi connectivity index (χ3v) is 4.09. The van der Waals surface area contributed by atoms with Crippen LogP contribution in [-0.2, 0) is 4.74 Å². The van der Waals surface area contributed by atoms with Crippen molar-refractivity contribution in [1.29, 1.82) is 0 Å². The molecule has 114 valence electrons. The van der Waals surface area contributed by atoms with Crippen molar-refractivity contribution in [2.75, 3.05) is 5.73 Å². The molecule has 0 amide bonds. The Kier molecular flexibility index (Phi) is 4.77. The fourth-order valence-electron chi connectivity index (χ4n) is 2.83. The predicted molar refractivity (Wildman–Crippen MR) is 79.0 cm³/mol. The highest BCUT2D eigenvalue weighted by atomic mass is 16.6. The Labute approximate surface area is 123 Å². The average Bonchev–Trinajstić information content (AvgIpc) is 2.47. The van der Waals surface area contributed by atoms with Crippen molar-refractivity contribution in [1.82, 2.24) is 0 Å². The van der Waals surface area contributed by atoms with Crippen LogP contribution in [0.25, 0.3) is 0 Å². The van der Waals surface area contributed by atoms with Gasteiger partial charge in [0.1, 0.15) is 6.10 Å². The molecule has 0 saturated heterocycles. The van der Waals surface area contributed by atoms with Crippen molar-refractivity contribution in [3.05, 3.63) is 33.9 Å². The lowest BCUT2D eigenvalue weighted by Crippen LogP contribution is -2.30. The van der Waals surface area contributed by atoms with Crippen molar-refractivity contribution in [3.8, 4) is 0 Å². The maximum Gasteiger partial charge on any atom is 0.340 e. The molecule has 1 aromatic rings. The number of nitrogens with zero attached hydrogens (tertiary/aromatic N) is 1. The summed E-state index contributed by atoms with van der Waals surface area (Å²) >= 11 is 0. The molecule has 6 nitrogen and oxygen atoms in total. The number of nitrogen functional groups attached to an aromatic ring is 1. The number of ether oxygens (including phenoxy) is 1. The summed E-state index contributed by atoms with van der Waals surface area (Å²) in [5.74, 6) is -0.204. The normalized spacial score (nSPS) is 21.8. The van der Waals surface area contributed by atoms with Gasteiger partial charge in [-0.25, -0.2) is 4.79 Å². The topological polar surface area (TPSA) is 95.5 Å². The number of nitrogens with two attached hydrogens (primary N) is 1. The van der Waals surface area contributed by atoms with Gasteiger partial charge in [0.25, 0.3) is 5.69 Å². The van der Waals surface area contributed by atoms with Crippen molar-refractivity contribution in [2.24, 2.45) is 5.92 Å². The number of carbonyl (C=O) groups excluding carboxylic acids is 1. The third kappa shape index (κ3) is 3.51. The van der Waals surface area contributed by atoms with E-state index in [0.29, 0.717) is 5.92 Å². The molecule has 1 saturated carbocycles. The zero-order valence-electron chi connectivity index (χ0n) is 12.1. The molecule has 1 aliphatic carbocycles. The fourth-order valence-corrected chi connectivity index (χ4v) is 2.83. The molecule has 1 aromatic carbocycles. The first-order valence-corrected chi connectivity index (χ1v) is 7.27. The minimum Gasteiger partial charge on any atom is -0.458 e. The van der Waals surface area contributed by atoms with E-state index in [0.717, 1.165) is 32.1 Å². The quantitative estimate of drug-likeness (QED) is 0.397. The third-order valence-electron chi connectivity index (χ3n) is 4.09. The van der Waals surface area contributed by atoms with E-state index in [2.05, 4.69) is 6.92 Å². The van der Waals surface area contributed by atoms with E-state index in [1.165, 1.54) is 18.2 Å². The number of carbonyl (C=O) groups is 1. The second-order valence-electron chi connectivity index (χ2n) is 5.43. The fraction of sp³-hybridized carbons (Fsp3) is 0.533. The Bertz CT molecular complexity index is 544. The standard InChI is InChI=1S/C15H20N2O4/c1-2-10-5-3-4-6-14(10)21-15(18)12-9-11(17(19)20)7-8-13(12)16/h7-10,14H,2-6,16H2,1H3. The summed E-state index contributed by atoms with van der Waals surface area (Å²) < 4.78 is 5.55. The first kappa shape index (κ1) is 15.3. The number of nitro groups is 1. The molecule has 1 fully saturated rings. The molecule has 0 radical (unpaired) electrons. The Morgan fingerprint density at radius 2 is 2.14 bits per heavy atom. The van der Waals surface area contributed by atoms with E-state index < -0.39 is 10.9 Å². The van der Waals surface area contributed by atoms with E-state index in [-0.39, 0.29) is 23.0 Å². The van der Waals surface area contributed by atoms with Crippen LogP contribution in [0.4, 0.5) is 11.4 Å². The molecule has 2 unspecified atom stereocenters. The van der Waals surface area contributed by atoms with E-state index in [9.17, 15) is 14.9 Å². The molecule has 0 heterocycles. The molecule has 2 N–H and O–H groups in total. The number of anilines is 1. The zero-order valence-corrected chi connectivity index (χ0v) is 12.1. The van der Waals surface area contributed by atoms with Gasteiger partial charge in [-0.2, -0.15) is 0 Å². The van der Waals surface area contributed by atoms with Crippen LogP contribution >= 0.6 is 0 Å². The zero-order chi connectivity index (χ0) is 15.4. The molecule has 0 aromatic heterocycles. The Hall–Kier alpha value is -2.11. The van der Waals surface area contributed by atoms with Gasteiger partial charge in [-0.1, -0.05) is 13.3 Å². The van der Waals surface area contributed by atoms with Crippen LogP contribution < -0.4 is 5.73 Å². The average molecular weight is 292 g/mol. The highest BCUT2D eigenvalue weighted by Crippen LogP contribution is 2.30. The molecule has 2 atom stereocenters. The minimum atomic E-state index is -0.568. The monoisotopic (exact) mass is 292 g/mol. The van der Waals surface area contributed by atoms with E-state index in [1.807, 2.05) is 0 Å². The Morgan fingerprint density at radius 1 is 1.43 bits per heavy atom. The van der Waals surface area contributed by atoms with Crippen molar-refractivity contribution >= 4 is 17.3 Å². The van der Waals surface area contributed by atoms with E-state index >= 15 is 0 Å². The Balaban J connectivity index is 2.16. The van der Waals surface area contributed by atoms with Gasteiger partial charge in [0.2, 0.25) is 0 Å². The molecular formula is C15H20N2O4. The van der Waals surface area contributed by atoms with Crippen LogP contribution in [0.1, 0.15) is 49.4 Å². The maximum absolute atomic E-state index is 12.2. The molecule has 0 bridgehead atoms. The van der Waals surface area contributed by atoms with Gasteiger partial charge in [-0.3, -0.25) is 10.1 Å². The number of hydrogen-bond acceptors (Lipinski definition) is 5. The van der Waals surface area contributed by atoms with Gasteiger partial charge in [0, 0.05) is 17.8 Å². The van der Waals surface area contributed by atoms with Crippen molar-refractivity contribution in [3.63, 3.8) is 0 Å². The summed E-state index contributed by atoms with van der Waals surface area (Å²) in [6.45, 7) is 2.08. The van der Waals surface area contributed by atoms with Crippen LogP contribution in [0.5, 0.6) is 0 Å². The molecule has 2 rings (SSSR count). The molecule has 0 aliphatic heterocycles. The van der Waals surface area contributed by atoms with Crippen molar-refractivity contribution in [2.45, 2.75) is 45.1 Å². The van der Waals surface area contributed by atoms with Gasteiger partial charge < -0.3 is 10.5 Å². The molecular weight excluding hydrogens is 272 g/mol. The first-order chi connectivity index (χ1) is 10.0. The van der Waals surface area contributed by atoms with Crippen LogP contribution in [0.2, 0.25) is 0 Å². The van der Waals surface area contributed by atoms with Crippen LogP contribution in [0, 0.1) is 16.0 Å². The summed E-state index contributed by atoms with van der Waals surface area (Å²) in [6.07, 6.45) is 4.94. The molecule has 0 spiro atoms. The number of nitro benzene ring substituents is 1. The minimum absolute atomic E-state index is 0.0737. The van der Waals surface area contributed by atoms with E-state index in [1.54, 1.807) is 0 Å². The SMILES string of the molecule is CCC1CCCCC1OC(=O)c1cc([N+](=O)[O-])ccc1N. The van der Waals surface area contributed by atoms with Crippen molar-refractivity contribution < 1.29 is 14.5 Å². The summed E-state index contributed by atoms with van der Waals surface area (Å²) in [4.78, 5) is 22.5. The van der Waals surface area contributed by atoms with Gasteiger partial charge in [-0.15, -0.1) is 0 Å². The summed E-state index contributed by atoms with van der Waals surface area (Å²) in [6, 6.07) is 3.83. The second-order valence-corrected chi connectivity index (χ2v) is 5.43. The van der Waals surface area contributed by atoms with Gasteiger partial charge in [0.15, 0.2) is 0 Å². The number of rotatable bonds is 4. The lowest BCUT2D eigenvalue weighted by Gasteiger charge is -2.30. The lowest BCUT2D eigenvalue weighted by molar-refractivity contribution is -0.384. The van der Waals surface area contributed by atoms with E-state index in [4.69, 9.17) is 10.5 Å². The second kappa shape index (κ2) is 6.56. The molecule has 1 aliphatic rings.